The van der Waals surface area contributed by atoms with Crippen LogP contribution in [0.2, 0.25) is 12.1 Å². The van der Waals surface area contributed by atoms with Crippen molar-refractivity contribution in [1.82, 2.24) is 0 Å². The van der Waals surface area contributed by atoms with Gasteiger partial charge < -0.3 is 0 Å². The zero-order valence-corrected chi connectivity index (χ0v) is 8.37. The Hall–Kier alpha value is -0.715. The molecule has 0 heterocycles. The quantitative estimate of drug-likeness (QED) is 0.610. The van der Waals surface area contributed by atoms with E-state index in [9.17, 15) is 0 Å². The molecule has 0 bridgehead atoms. The SMILES string of the molecule is CCB(Cc1ccccc1)C1CC1. The minimum Gasteiger partial charge on any atom is -0.0765 e. The lowest BCUT2D eigenvalue weighted by molar-refractivity contribution is 1.20. The molecular weight excluding hydrogens is 155 g/mol. The minimum atomic E-state index is 0.947. The van der Waals surface area contributed by atoms with Crippen molar-refractivity contribution >= 4 is 6.71 Å². The Morgan fingerprint density at radius 2 is 1.92 bits per heavy atom. The van der Waals surface area contributed by atoms with Crippen molar-refractivity contribution in [2.45, 2.75) is 38.2 Å². The molecule has 0 aromatic heterocycles. The molecule has 68 valence electrons. The average molecular weight is 172 g/mol. The van der Waals surface area contributed by atoms with E-state index in [1.165, 1.54) is 31.0 Å². The summed E-state index contributed by atoms with van der Waals surface area (Å²) in [6.07, 6.45) is 5.60. The van der Waals surface area contributed by atoms with Crippen LogP contribution in [0.15, 0.2) is 30.3 Å². The van der Waals surface area contributed by atoms with Gasteiger partial charge >= 0.3 is 0 Å². The lowest BCUT2D eigenvalue weighted by Gasteiger charge is -2.09. The largest absolute Gasteiger partial charge is 0.147 e. The third-order valence-corrected chi connectivity index (χ3v) is 3.15. The van der Waals surface area contributed by atoms with Gasteiger partial charge in [0.1, 0.15) is 6.71 Å². The number of hydrogen-bond acceptors (Lipinski definition) is 0. The van der Waals surface area contributed by atoms with Gasteiger partial charge in [-0.15, -0.1) is 0 Å². The summed E-state index contributed by atoms with van der Waals surface area (Å²) < 4.78 is 0. The molecule has 1 aliphatic rings. The van der Waals surface area contributed by atoms with Gasteiger partial charge in [0.05, 0.1) is 0 Å². The number of hydrogen-bond donors (Lipinski definition) is 0. The molecule has 0 atom stereocenters. The Kier molecular flexibility index (Phi) is 2.72. The van der Waals surface area contributed by atoms with E-state index in [2.05, 4.69) is 37.3 Å². The van der Waals surface area contributed by atoms with Gasteiger partial charge in [-0.25, -0.2) is 0 Å². The molecular formula is C12H17B. The van der Waals surface area contributed by atoms with E-state index in [1.807, 2.05) is 0 Å². The van der Waals surface area contributed by atoms with Gasteiger partial charge in [0.25, 0.3) is 0 Å². The maximum Gasteiger partial charge on any atom is 0.147 e. The normalized spacial score (nSPS) is 15.8. The van der Waals surface area contributed by atoms with Gasteiger partial charge in [-0.3, -0.25) is 0 Å². The molecule has 13 heavy (non-hydrogen) atoms. The molecule has 0 N–H and O–H groups in total. The van der Waals surface area contributed by atoms with E-state index < -0.39 is 0 Å². The molecule has 1 aliphatic carbocycles. The summed E-state index contributed by atoms with van der Waals surface area (Å²) in [6.45, 7) is 3.27. The highest BCUT2D eigenvalue weighted by atomic mass is 14.2. The second kappa shape index (κ2) is 4.00. The van der Waals surface area contributed by atoms with Gasteiger partial charge in [-0.05, 0) is 6.32 Å². The Morgan fingerprint density at radius 1 is 1.23 bits per heavy atom. The van der Waals surface area contributed by atoms with E-state index >= 15 is 0 Å². The molecule has 1 fully saturated rings. The fourth-order valence-electron chi connectivity index (χ4n) is 2.13. The van der Waals surface area contributed by atoms with Crippen LogP contribution in [-0.2, 0) is 6.32 Å². The minimum absolute atomic E-state index is 0.947. The van der Waals surface area contributed by atoms with E-state index in [0.29, 0.717) is 0 Å². The van der Waals surface area contributed by atoms with Crippen LogP contribution in [0.5, 0.6) is 0 Å². The average Bonchev–Trinajstić information content (AvgIpc) is 2.99. The highest BCUT2D eigenvalue weighted by Crippen LogP contribution is 2.41. The third kappa shape index (κ3) is 2.36. The monoisotopic (exact) mass is 172 g/mol. The summed E-state index contributed by atoms with van der Waals surface area (Å²) in [5, 5.41) is 0. The third-order valence-electron chi connectivity index (χ3n) is 3.15. The molecule has 0 spiro atoms. The first kappa shape index (κ1) is 8.86. The van der Waals surface area contributed by atoms with Crippen LogP contribution in [-0.4, -0.2) is 6.71 Å². The van der Waals surface area contributed by atoms with Crippen molar-refractivity contribution in [1.29, 1.82) is 0 Å². The molecule has 0 radical (unpaired) electrons. The lowest BCUT2D eigenvalue weighted by Crippen LogP contribution is -2.15. The van der Waals surface area contributed by atoms with Crippen molar-refractivity contribution in [3.8, 4) is 0 Å². The predicted octanol–water partition coefficient (Wildman–Crippen LogP) is 3.45. The van der Waals surface area contributed by atoms with Crippen LogP contribution in [0.1, 0.15) is 25.3 Å². The summed E-state index contributed by atoms with van der Waals surface area (Å²) >= 11 is 0. The summed E-state index contributed by atoms with van der Waals surface area (Å²) in [6, 6.07) is 10.9. The molecule has 0 unspecified atom stereocenters. The summed E-state index contributed by atoms with van der Waals surface area (Å²) in [7, 11) is 0. The molecule has 0 nitrogen and oxygen atoms in total. The summed E-state index contributed by atoms with van der Waals surface area (Å²) in [4.78, 5) is 0. The van der Waals surface area contributed by atoms with Crippen LogP contribution in [0.4, 0.5) is 0 Å². The molecule has 1 saturated carbocycles. The maximum atomic E-state index is 2.33. The molecule has 0 amide bonds. The second-order valence-corrected chi connectivity index (χ2v) is 4.20. The fourth-order valence-corrected chi connectivity index (χ4v) is 2.13. The van der Waals surface area contributed by atoms with Crippen LogP contribution < -0.4 is 0 Å². The highest BCUT2D eigenvalue weighted by Gasteiger charge is 2.32. The van der Waals surface area contributed by atoms with E-state index in [0.717, 1.165) is 12.5 Å². The molecule has 0 aliphatic heterocycles. The van der Waals surface area contributed by atoms with Crippen molar-refractivity contribution in [2.24, 2.45) is 0 Å². The Labute approximate surface area is 81.4 Å². The van der Waals surface area contributed by atoms with Gasteiger partial charge in [-0.1, -0.05) is 67.8 Å². The van der Waals surface area contributed by atoms with Gasteiger partial charge in [0, 0.05) is 0 Å². The van der Waals surface area contributed by atoms with Crippen LogP contribution in [0.25, 0.3) is 0 Å². The predicted molar refractivity (Wildman–Crippen MR) is 59.4 cm³/mol. The van der Waals surface area contributed by atoms with Crippen LogP contribution in [0.3, 0.4) is 0 Å². The Morgan fingerprint density at radius 3 is 2.46 bits per heavy atom. The topological polar surface area (TPSA) is 0 Å². The van der Waals surface area contributed by atoms with Crippen molar-refractivity contribution in [3.63, 3.8) is 0 Å². The zero-order valence-electron chi connectivity index (χ0n) is 8.37. The van der Waals surface area contributed by atoms with E-state index in [1.54, 1.807) is 0 Å². The smallest absolute Gasteiger partial charge is 0.0765 e. The highest BCUT2D eigenvalue weighted by molar-refractivity contribution is 6.60. The fraction of sp³-hybridized carbons (Fsp3) is 0.500. The first-order valence-corrected chi connectivity index (χ1v) is 5.44. The van der Waals surface area contributed by atoms with Gasteiger partial charge in [0.15, 0.2) is 0 Å². The standard InChI is InChI=1S/C12H17B/c1-2-13(12-8-9-12)10-11-6-4-3-5-7-11/h3-7,12H,2,8-10H2,1H3. The van der Waals surface area contributed by atoms with Crippen molar-refractivity contribution in [3.05, 3.63) is 35.9 Å². The first-order chi connectivity index (χ1) is 6.40. The molecule has 2 rings (SSSR count). The zero-order chi connectivity index (χ0) is 9.10. The second-order valence-electron chi connectivity index (χ2n) is 4.20. The summed E-state index contributed by atoms with van der Waals surface area (Å²) in [5.41, 5.74) is 1.52. The van der Waals surface area contributed by atoms with Crippen molar-refractivity contribution < 1.29 is 0 Å². The number of rotatable bonds is 4. The Bertz CT molecular complexity index is 251. The Balaban J connectivity index is 1.95. The van der Waals surface area contributed by atoms with Gasteiger partial charge in [-0.2, -0.15) is 0 Å². The van der Waals surface area contributed by atoms with Crippen molar-refractivity contribution in [2.75, 3.05) is 0 Å². The summed E-state index contributed by atoms with van der Waals surface area (Å²) in [5.74, 6) is 1.05. The number of benzene rings is 1. The van der Waals surface area contributed by atoms with E-state index in [4.69, 9.17) is 0 Å². The molecule has 1 aromatic rings. The first-order valence-electron chi connectivity index (χ1n) is 5.44. The molecule has 1 aromatic carbocycles. The molecule has 1 heteroatoms. The maximum absolute atomic E-state index is 2.33. The van der Waals surface area contributed by atoms with Gasteiger partial charge in [0.2, 0.25) is 0 Å². The van der Waals surface area contributed by atoms with Crippen LogP contribution in [0, 0.1) is 0 Å². The van der Waals surface area contributed by atoms with E-state index in [-0.39, 0.29) is 0 Å². The van der Waals surface area contributed by atoms with Crippen LogP contribution >= 0.6 is 0 Å². The lowest BCUT2D eigenvalue weighted by atomic mass is 9.40. The molecule has 0 saturated heterocycles.